The molecule has 1 saturated carbocycles. The number of amides is 2. The number of hydrogen-bond donors (Lipinski definition) is 2. The first kappa shape index (κ1) is 26.6. The first-order valence-electron chi connectivity index (χ1n) is 11.2. The molecule has 0 unspecified atom stereocenters. The lowest BCUT2D eigenvalue weighted by atomic mass is 10.0. The Bertz CT molecular complexity index is 812. The van der Waals surface area contributed by atoms with E-state index in [0.29, 0.717) is 13.0 Å². The van der Waals surface area contributed by atoms with Crippen LogP contribution in [0.5, 0.6) is 0 Å². The van der Waals surface area contributed by atoms with Gasteiger partial charge in [0.2, 0.25) is 5.91 Å². The SMILES string of the molecule is Cc1cc(C)cc(C(=O)N(CCC(=O)N2CCNCC2)C2CCCC2)c1.O=C(O)C(F)(F)F. The minimum Gasteiger partial charge on any atom is -0.475 e. The van der Waals surface area contributed by atoms with Gasteiger partial charge in [-0.2, -0.15) is 13.2 Å². The molecule has 0 bridgehead atoms. The van der Waals surface area contributed by atoms with E-state index in [2.05, 4.69) is 11.4 Å². The van der Waals surface area contributed by atoms with Gasteiger partial charge in [-0.1, -0.05) is 30.0 Å². The van der Waals surface area contributed by atoms with Gasteiger partial charge in [-0.05, 0) is 38.8 Å². The van der Waals surface area contributed by atoms with Crippen molar-refractivity contribution in [3.63, 3.8) is 0 Å². The minimum atomic E-state index is -5.08. The van der Waals surface area contributed by atoms with Crippen molar-refractivity contribution < 1.29 is 32.7 Å². The lowest BCUT2D eigenvalue weighted by Gasteiger charge is -2.31. The molecule has 10 heteroatoms. The van der Waals surface area contributed by atoms with Crippen molar-refractivity contribution in [3.05, 3.63) is 34.9 Å². The molecule has 0 radical (unpaired) electrons. The fourth-order valence-electron chi connectivity index (χ4n) is 4.22. The number of alkyl halides is 3. The summed E-state index contributed by atoms with van der Waals surface area (Å²) in [5.41, 5.74) is 2.97. The van der Waals surface area contributed by atoms with Crippen molar-refractivity contribution in [1.29, 1.82) is 0 Å². The number of hydrogen-bond acceptors (Lipinski definition) is 4. The van der Waals surface area contributed by atoms with E-state index in [1.807, 2.05) is 35.8 Å². The number of carboxylic acid groups (broad SMARTS) is 1. The summed E-state index contributed by atoms with van der Waals surface area (Å²) >= 11 is 0. The Morgan fingerprint density at radius 3 is 2.06 bits per heavy atom. The van der Waals surface area contributed by atoms with Crippen molar-refractivity contribution in [2.24, 2.45) is 0 Å². The van der Waals surface area contributed by atoms with Gasteiger partial charge in [0, 0.05) is 50.7 Å². The van der Waals surface area contributed by atoms with Crippen LogP contribution in [0.3, 0.4) is 0 Å². The summed E-state index contributed by atoms with van der Waals surface area (Å²) in [6.45, 7) is 7.84. The first-order valence-corrected chi connectivity index (χ1v) is 11.2. The zero-order valence-corrected chi connectivity index (χ0v) is 19.1. The summed E-state index contributed by atoms with van der Waals surface area (Å²) < 4.78 is 31.7. The second kappa shape index (κ2) is 12.0. The molecular formula is C23H32F3N3O4. The standard InChI is InChI=1S/C21H31N3O2.C2HF3O2/c1-16-13-17(2)15-18(14-16)21(26)24(19-5-3-4-6-19)10-7-20(25)23-11-8-22-9-12-23;3-2(4,5)1(6)7/h13-15,19,22H,3-12H2,1-2H3;(H,6,7). The van der Waals surface area contributed by atoms with E-state index in [1.165, 1.54) is 12.8 Å². The van der Waals surface area contributed by atoms with Crippen LogP contribution in [0.15, 0.2) is 18.2 Å². The normalized spacial score (nSPS) is 16.7. The third-order valence-corrected chi connectivity index (χ3v) is 5.77. The Labute approximate surface area is 191 Å². The van der Waals surface area contributed by atoms with E-state index in [9.17, 15) is 22.8 Å². The Balaban J connectivity index is 0.000000479. The summed E-state index contributed by atoms with van der Waals surface area (Å²) in [7, 11) is 0. The molecule has 2 fully saturated rings. The number of carboxylic acids is 1. The van der Waals surface area contributed by atoms with Gasteiger partial charge in [-0.25, -0.2) is 4.79 Å². The molecule has 2 aliphatic rings. The summed E-state index contributed by atoms with van der Waals surface area (Å²) in [5.74, 6) is -2.51. The molecular weight excluding hydrogens is 439 g/mol. The van der Waals surface area contributed by atoms with E-state index in [4.69, 9.17) is 9.90 Å². The van der Waals surface area contributed by atoms with Crippen molar-refractivity contribution in [3.8, 4) is 0 Å². The van der Waals surface area contributed by atoms with Crippen LogP contribution in [-0.4, -0.2) is 77.6 Å². The molecule has 3 rings (SSSR count). The average Bonchev–Trinajstić information content (AvgIpc) is 3.28. The molecule has 184 valence electrons. The van der Waals surface area contributed by atoms with Crippen molar-refractivity contribution in [1.82, 2.24) is 15.1 Å². The van der Waals surface area contributed by atoms with E-state index >= 15 is 0 Å². The lowest BCUT2D eigenvalue weighted by molar-refractivity contribution is -0.192. The largest absolute Gasteiger partial charge is 0.490 e. The summed E-state index contributed by atoms with van der Waals surface area (Å²) in [4.78, 5) is 38.6. The van der Waals surface area contributed by atoms with Gasteiger partial charge in [0.15, 0.2) is 0 Å². The van der Waals surface area contributed by atoms with E-state index in [1.54, 1.807) is 0 Å². The molecule has 7 nitrogen and oxygen atoms in total. The Morgan fingerprint density at radius 2 is 1.58 bits per heavy atom. The van der Waals surface area contributed by atoms with E-state index in [-0.39, 0.29) is 17.9 Å². The van der Waals surface area contributed by atoms with Gasteiger partial charge >= 0.3 is 12.1 Å². The fourth-order valence-corrected chi connectivity index (χ4v) is 4.22. The van der Waals surface area contributed by atoms with Crippen molar-refractivity contribution in [2.75, 3.05) is 32.7 Å². The third-order valence-electron chi connectivity index (χ3n) is 5.77. The molecule has 1 aliphatic carbocycles. The topological polar surface area (TPSA) is 90.0 Å². The summed E-state index contributed by atoms with van der Waals surface area (Å²) in [6.07, 6.45) is -0.205. The van der Waals surface area contributed by atoms with Gasteiger partial charge in [-0.15, -0.1) is 0 Å². The van der Waals surface area contributed by atoms with Crippen LogP contribution in [0.2, 0.25) is 0 Å². The highest BCUT2D eigenvalue weighted by atomic mass is 19.4. The highest BCUT2D eigenvalue weighted by Crippen LogP contribution is 2.26. The van der Waals surface area contributed by atoms with E-state index in [0.717, 1.165) is 55.7 Å². The monoisotopic (exact) mass is 471 g/mol. The van der Waals surface area contributed by atoms with Gasteiger partial charge in [0.1, 0.15) is 0 Å². The number of benzene rings is 1. The molecule has 0 spiro atoms. The number of halogens is 3. The maximum absolute atomic E-state index is 13.2. The number of aliphatic carboxylic acids is 1. The molecule has 1 heterocycles. The predicted molar refractivity (Wildman–Crippen MR) is 117 cm³/mol. The first-order chi connectivity index (χ1) is 15.5. The molecule has 2 amide bonds. The lowest BCUT2D eigenvalue weighted by Crippen LogP contribution is -2.48. The predicted octanol–water partition coefficient (Wildman–Crippen LogP) is 3.14. The minimum absolute atomic E-state index is 0.0804. The smallest absolute Gasteiger partial charge is 0.475 e. The Hall–Kier alpha value is -2.62. The highest BCUT2D eigenvalue weighted by molar-refractivity contribution is 5.95. The number of rotatable bonds is 5. The number of aryl methyl sites for hydroxylation is 2. The number of nitrogens with zero attached hydrogens (tertiary/aromatic N) is 2. The van der Waals surface area contributed by atoms with Crippen LogP contribution in [-0.2, 0) is 9.59 Å². The van der Waals surface area contributed by atoms with E-state index < -0.39 is 12.1 Å². The molecule has 1 aromatic carbocycles. The van der Waals surface area contributed by atoms with Gasteiger partial charge in [0.25, 0.3) is 5.91 Å². The van der Waals surface area contributed by atoms with Crippen LogP contribution in [0.25, 0.3) is 0 Å². The average molecular weight is 472 g/mol. The molecule has 1 aromatic rings. The molecule has 2 N–H and O–H groups in total. The van der Waals surface area contributed by atoms with Gasteiger partial charge < -0.3 is 20.2 Å². The molecule has 1 aliphatic heterocycles. The number of nitrogens with one attached hydrogen (secondary N) is 1. The maximum Gasteiger partial charge on any atom is 0.490 e. The van der Waals surface area contributed by atoms with Gasteiger partial charge in [-0.3, -0.25) is 9.59 Å². The van der Waals surface area contributed by atoms with Crippen LogP contribution < -0.4 is 5.32 Å². The Morgan fingerprint density at radius 1 is 1.06 bits per heavy atom. The Kier molecular flexibility index (Phi) is 9.70. The quantitative estimate of drug-likeness (QED) is 0.689. The van der Waals surface area contributed by atoms with Crippen molar-refractivity contribution in [2.45, 2.75) is 58.2 Å². The summed E-state index contributed by atoms with van der Waals surface area (Å²) in [6, 6.07) is 6.30. The third kappa shape index (κ3) is 8.34. The van der Waals surface area contributed by atoms with Crippen LogP contribution in [0, 0.1) is 13.8 Å². The number of piperazine rings is 1. The van der Waals surface area contributed by atoms with Crippen LogP contribution in [0.4, 0.5) is 13.2 Å². The zero-order chi connectivity index (χ0) is 24.6. The number of carbonyl (C=O) groups is 3. The highest BCUT2D eigenvalue weighted by Gasteiger charge is 2.38. The van der Waals surface area contributed by atoms with Crippen LogP contribution >= 0.6 is 0 Å². The molecule has 0 aromatic heterocycles. The molecule has 1 saturated heterocycles. The van der Waals surface area contributed by atoms with Crippen LogP contribution in [0.1, 0.15) is 53.6 Å². The summed E-state index contributed by atoms with van der Waals surface area (Å²) in [5, 5.41) is 10.4. The second-order valence-corrected chi connectivity index (χ2v) is 8.50. The second-order valence-electron chi connectivity index (χ2n) is 8.50. The van der Waals surface area contributed by atoms with Crippen molar-refractivity contribution >= 4 is 17.8 Å². The molecule has 33 heavy (non-hydrogen) atoms. The molecule has 0 atom stereocenters. The number of carbonyl (C=O) groups excluding carboxylic acids is 2. The van der Waals surface area contributed by atoms with Gasteiger partial charge in [0.05, 0.1) is 0 Å². The maximum atomic E-state index is 13.2. The fraction of sp³-hybridized carbons (Fsp3) is 0.609. The zero-order valence-electron chi connectivity index (χ0n) is 19.1.